The van der Waals surface area contributed by atoms with Gasteiger partial charge in [-0.1, -0.05) is 26.2 Å². The highest BCUT2D eigenvalue weighted by Gasteiger charge is 2.26. The van der Waals surface area contributed by atoms with E-state index in [-0.39, 0.29) is 6.09 Å². The first-order valence-corrected chi connectivity index (χ1v) is 6.78. The minimum atomic E-state index is -0.404. The predicted molar refractivity (Wildman–Crippen MR) is 70.0 cm³/mol. The number of nitrogens with one attached hydrogen (secondary N) is 1. The molecule has 1 aliphatic rings. The van der Waals surface area contributed by atoms with Crippen molar-refractivity contribution in [1.29, 1.82) is 0 Å². The number of amides is 1. The molecule has 1 N–H and O–H groups in total. The molecule has 17 heavy (non-hydrogen) atoms. The fraction of sp³-hybridized carbons (Fsp3) is 0.929. The smallest absolute Gasteiger partial charge is 0.407 e. The highest BCUT2D eigenvalue weighted by molar-refractivity contribution is 5.67. The van der Waals surface area contributed by atoms with E-state index in [2.05, 4.69) is 12.2 Å². The first kappa shape index (κ1) is 14.3. The highest BCUT2D eigenvalue weighted by atomic mass is 16.6. The summed E-state index contributed by atoms with van der Waals surface area (Å²) >= 11 is 0. The summed E-state index contributed by atoms with van der Waals surface area (Å²) in [5, 5.41) is 2.85. The van der Waals surface area contributed by atoms with Crippen LogP contribution in [0.3, 0.4) is 0 Å². The molecule has 1 amide bonds. The molecule has 0 aromatic heterocycles. The lowest BCUT2D eigenvalue weighted by molar-refractivity contribution is 0.0517. The Morgan fingerprint density at radius 1 is 1.24 bits per heavy atom. The molecule has 0 unspecified atom stereocenters. The van der Waals surface area contributed by atoms with Gasteiger partial charge in [0, 0.05) is 6.54 Å². The third-order valence-corrected chi connectivity index (χ3v) is 3.46. The summed E-state index contributed by atoms with van der Waals surface area (Å²) in [6.45, 7) is 8.72. The lowest BCUT2D eigenvalue weighted by atomic mass is 9.73. The molecule has 1 fully saturated rings. The normalized spacial score (nSPS) is 19.8. The second kappa shape index (κ2) is 5.74. The van der Waals surface area contributed by atoms with Crippen molar-refractivity contribution in [1.82, 2.24) is 5.32 Å². The van der Waals surface area contributed by atoms with E-state index >= 15 is 0 Å². The molecular formula is C14H27NO2. The van der Waals surface area contributed by atoms with Gasteiger partial charge < -0.3 is 10.1 Å². The van der Waals surface area contributed by atoms with Gasteiger partial charge in [0.1, 0.15) is 5.60 Å². The fourth-order valence-electron chi connectivity index (χ4n) is 2.44. The summed E-state index contributed by atoms with van der Waals surface area (Å²) < 4.78 is 5.21. The van der Waals surface area contributed by atoms with E-state index in [1.54, 1.807) is 0 Å². The van der Waals surface area contributed by atoms with Crippen LogP contribution in [0.5, 0.6) is 0 Å². The van der Waals surface area contributed by atoms with Crippen LogP contribution in [-0.2, 0) is 4.74 Å². The molecule has 3 nitrogen and oxygen atoms in total. The predicted octanol–water partition coefficient (Wildman–Crippen LogP) is 3.87. The van der Waals surface area contributed by atoms with Gasteiger partial charge in [-0.05, 0) is 45.4 Å². The Morgan fingerprint density at radius 2 is 1.82 bits per heavy atom. The Kier molecular flexibility index (Phi) is 4.84. The number of carbonyl (C=O) groups excluding carboxylic acids is 1. The zero-order valence-corrected chi connectivity index (χ0v) is 11.8. The van der Waals surface area contributed by atoms with Gasteiger partial charge in [-0.3, -0.25) is 0 Å². The van der Waals surface area contributed by atoms with Crippen LogP contribution in [0.25, 0.3) is 0 Å². The van der Waals surface area contributed by atoms with Crippen molar-refractivity contribution in [3.63, 3.8) is 0 Å². The molecule has 0 radical (unpaired) electrons. The fourth-order valence-corrected chi connectivity index (χ4v) is 2.44. The van der Waals surface area contributed by atoms with Crippen molar-refractivity contribution in [3.8, 4) is 0 Å². The van der Waals surface area contributed by atoms with E-state index in [9.17, 15) is 4.79 Å². The Balaban J connectivity index is 2.20. The molecule has 1 rings (SSSR count). The Morgan fingerprint density at radius 3 is 2.35 bits per heavy atom. The lowest BCUT2D eigenvalue weighted by Crippen LogP contribution is -2.35. The van der Waals surface area contributed by atoms with Crippen molar-refractivity contribution >= 4 is 6.09 Å². The number of hydrogen-bond acceptors (Lipinski definition) is 2. The van der Waals surface area contributed by atoms with Crippen LogP contribution in [0.15, 0.2) is 0 Å². The van der Waals surface area contributed by atoms with E-state index in [1.165, 1.54) is 32.1 Å². The molecule has 100 valence electrons. The van der Waals surface area contributed by atoms with Gasteiger partial charge in [-0.25, -0.2) is 4.79 Å². The Labute approximate surface area is 105 Å². The van der Waals surface area contributed by atoms with Gasteiger partial charge in [-0.15, -0.1) is 0 Å². The molecule has 0 aromatic rings. The van der Waals surface area contributed by atoms with E-state index < -0.39 is 5.60 Å². The molecule has 0 aliphatic heterocycles. The number of alkyl carbamates (subject to hydrolysis) is 1. The summed E-state index contributed by atoms with van der Waals surface area (Å²) in [5.41, 5.74) is 0.0199. The average molecular weight is 241 g/mol. The molecule has 0 atom stereocenters. The monoisotopic (exact) mass is 241 g/mol. The molecule has 3 heteroatoms. The molecule has 0 aromatic carbocycles. The van der Waals surface area contributed by atoms with E-state index in [1.807, 2.05) is 20.8 Å². The SMILES string of the molecule is CC1(CCNC(=O)OC(C)(C)C)CCCCC1. The quantitative estimate of drug-likeness (QED) is 0.814. The maximum absolute atomic E-state index is 11.5. The topological polar surface area (TPSA) is 38.3 Å². The van der Waals surface area contributed by atoms with Crippen LogP contribution in [-0.4, -0.2) is 18.2 Å². The van der Waals surface area contributed by atoms with Crippen LogP contribution in [0.2, 0.25) is 0 Å². The Bertz CT molecular complexity index is 249. The minimum Gasteiger partial charge on any atom is -0.444 e. The highest BCUT2D eigenvalue weighted by Crippen LogP contribution is 2.38. The summed E-state index contributed by atoms with van der Waals surface area (Å²) in [6, 6.07) is 0. The van der Waals surface area contributed by atoms with Gasteiger partial charge in [0.2, 0.25) is 0 Å². The van der Waals surface area contributed by atoms with Crippen molar-refractivity contribution in [2.24, 2.45) is 5.41 Å². The third kappa shape index (κ3) is 5.94. The maximum Gasteiger partial charge on any atom is 0.407 e. The first-order valence-electron chi connectivity index (χ1n) is 6.78. The summed E-state index contributed by atoms with van der Waals surface area (Å²) in [5.74, 6) is 0. The van der Waals surface area contributed by atoms with Crippen molar-refractivity contribution < 1.29 is 9.53 Å². The van der Waals surface area contributed by atoms with Gasteiger partial charge in [-0.2, -0.15) is 0 Å². The number of hydrogen-bond donors (Lipinski definition) is 1. The van der Waals surface area contributed by atoms with Crippen LogP contribution in [0.1, 0.15) is 66.2 Å². The van der Waals surface area contributed by atoms with Crippen LogP contribution in [0, 0.1) is 5.41 Å². The van der Waals surface area contributed by atoms with Gasteiger partial charge >= 0.3 is 6.09 Å². The standard InChI is InChI=1S/C14H27NO2/c1-13(2,3)17-12(16)15-11-10-14(4)8-6-5-7-9-14/h5-11H2,1-4H3,(H,15,16). The van der Waals surface area contributed by atoms with Crippen molar-refractivity contribution in [2.75, 3.05) is 6.54 Å². The molecule has 0 bridgehead atoms. The number of ether oxygens (including phenoxy) is 1. The van der Waals surface area contributed by atoms with Crippen molar-refractivity contribution in [2.45, 2.75) is 71.8 Å². The summed E-state index contributed by atoms with van der Waals surface area (Å²) in [4.78, 5) is 11.5. The summed E-state index contributed by atoms with van der Waals surface area (Å²) in [6.07, 6.45) is 7.40. The second-order valence-electron chi connectivity index (χ2n) is 6.55. The van der Waals surface area contributed by atoms with Crippen LogP contribution < -0.4 is 5.32 Å². The van der Waals surface area contributed by atoms with Gasteiger partial charge in [0.25, 0.3) is 0 Å². The van der Waals surface area contributed by atoms with Crippen LogP contribution >= 0.6 is 0 Å². The van der Waals surface area contributed by atoms with Crippen LogP contribution in [0.4, 0.5) is 4.79 Å². The molecule has 1 aliphatic carbocycles. The largest absolute Gasteiger partial charge is 0.444 e. The Hall–Kier alpha value is -0.730. The second-order valence-corrected chi connectivity index (χ2v) is 6.55. The number of carbonyl (C=O) groups is 1. The minimum absolute atomic E-state index is 0.295. The zero-order valence-electron chi connectivity index (χ0n) is 11.8. The van der Waals surface area contributed by atoms with Gasteiger partial charge in [0.05, 0.1) is 0 Å². The summed E-state index contributed by atoms with van der Waals surface area (Å²) in [7, 11) is 0. The van der Waals surface area contributed by atoms with Gasteiger partial charge in [0.15, 0.2) is 0 Å². The first-order chi connectivity index (χ1) is 7.81. The van der Waals surface area contributed by atoms with E-state index in [4.69, 9.17) is 4.74 Å². The molecular weight excluding hydrogens is 214 g/mol. The average Bonchev–Trinajstić information content (AvgIpc) is 2.15. The zero-order chi connectivity index (χ0) is 12.9. The third-order valence-electron chi connectivity index (χ3n) is 3.46. The molecule has 0 heterocycles. The molecule has 0 spiro atoms. The lowest BCUT2D eigenvalue weighted by Gasteiger charge is -2.33. The van der Waals surface area contributed by atoms with E-state index in [0.717, 1.165) is 13.0 Å². The van der Waals surface area contributed by atoms with Crippen molar-refractivity contribution in [3.05, 3.63) is 0 Å². The molecule has 0 saturated heterocycles. The number of rotatable bonds is 3. The molecule has 1 saturated carbocycles. The van der Waals surface area contributed by atoms with E-state index in [0.29, 0.717) is 5.41 Å². The maximum atomic E-state index is 11.5.